The van der Waals surface area contributed by atoms with E-state index in [0.29, 0.717) is 22.1 Å². The Morgan fingerprint density at radius 1 is 1.11 bits per heavy atom. The SMILES string of the molecule is CNCc1ccc(F)cc1-c1cccc(Br)c1F. The fourth-order valence-electron chi connectivity index (χ4n) is 1.86. The molecule has 0 atom stereocenters. The van der Waals surface area contributed by atoms with E-state index in [-0.39, 0.29) is 11.6 Å². The first-order valence-electron chi connectivity index (χ1n) is 5.51. The minimum absolute atomic E-state index is 0.371. The molecule has 4 heteroatoms. The van der Waals surface area contributed by atoms with E-state index in [0.717, 1.165) is 5.56 Å². The summed E-state index contributed by atoms with van der Waals surface area (Å²) in [5.74, 6) is -0.746. The minimum Gasteiger partial charge on any atom is -0.316 e. The zero-order valence-electron chi connectivity index (χ0n) is 9.81. The maximum absolute atomic E-state index is 14.0. The molecule has 2 aromatic rings. The van der Waals surface area contributed by atoms with E-state index in [1.807, 2.05) is 0 Å². The Kier molecular flexibility index (Phi) is 4.09. The summed E-state index contributed by atoms with van der Waals surface area (Å²) < 4.78 is 27.8. The number of halogens is 3. The van der Waals surface area contributed by atoms with Crippen molar-refractivity contribution in [3.8, 4) is 11.1 Å². The van der Waals surface area contributed by atoms with Crippen LogP contribution >= 0.6 is 15.9 Å². The van der Waals surface area contributed by atoms with Crippen LogP contribution in [0.15, 0.2) is 40.9 Å². The topological polar surface area (TPSA) is 12.0 Å². The van der Waals surface area contributed by atoms with Gasteiger partial charge in [0.2, 0.25) is 0 Å². The van der Waals surface area contributed by atoms with Crippen molar-refractivity contribution in [2.75, 3.05) is 7.05 Å². The van der Waals surface area contributed by atoms with Crippen molar-refractivity contribution >= 4 is 15.9 Å². The van der Waals surface area contributed by atoms with Crippen LogP contribution in [0.4, 0.5) is 8.78 Å². The molecule has 0 saturated heterocycles. The molecule has 2 rings (SSSR count). The van der Waals surface area contributed by atoms with Crippen molar-refractivity contribution in [2.45, 2.75) is 6.54 Å². The van der Waals surface area contributed by atoms with E-state index < -0.39 is 0 Å². The number of nitrogens with one attached hydrogen (secondary N) is 1. The molecule has 94 valence electrons. The van der Waals surface area contributed by atoms with Crippen molar-refractivity contribution in [1.29, 1.82) is 0 Å². The van der Waals surface area contributed by atoms with Gasteiger partial charge in [0, 0.05) is 12.1 Å². The Hall–Kier alpha value is -1.26. The van der Waals surface area contributed by atoms with E-state index in [9.17, 15) is 8.78 Å². The first-order chi connectivity index (χ1) is 8.63. The Bertz CT molecular complexity index is 570. The van der Waals surface area contributed by atoms with E-state index in [1.165, 1.54) is 12.1 Å². The third-order valence-corrected chi connectivity index (χ3v) is 3.29. The molecular formula is C14H12BrF2N. The molecule has 0 fully saturated rings. The van der Waals surface area contributed by atoms with Crippen LogP contribution in [0.2, 0.25) is 0 Å². The summed E-state index contributed by atoms with van der Waals surface area (Å²) in [4.78, 5) is 0. The normalized spacial score (nSPS) is 10.7. The number of hydrogen-bond donors (Lipinski definition) is 1. The van der Waals surface area contributed by atoms with Crippen molar-refractivity contribution in [3.05, 3.63) is 58.1 Å². The summed E-state index contributed by atoms with van der Waals surface area (Å²) in [5.41, 5.74) is 1.83. The van der Waals surface area contributed by atoms with Crippen LogP contribution in [0.5, 0.6) is 0 Å². The molecule has 0 spiro atoms. The third-order valence-electron chi connectivity index (χ3n) is 2.68. The Morgan fingerprint density at radius 3 is 2.61 bits per heavy atom. The van der Waals surface area contributed by atoms with E-state index in [1.54, 1.807) is 31.3 Å². The average Bonchev–Trinajstić information content (AvgIpc) is 2.35. The van der Waals surface area contributed by atoms with Gasteiger partial charge in [-0.2, -0.15) is 0 Å². The second-order valence-corrected chi connectivity index (χ2v) is 4.79. The quantitative estimate of drug-likeness (QED) is 0.899. The van der Waals surface area contributed by atoms with Gasteiger partial charge in [0.1, 0.15) is 11.6 Å². The molecule has 0 aliphatic rings. The number of rotatable bonds is 3. The van der Waals surface area contributed by atoms with Crippen LogP contribution in [-0.4, -0.2) is 7.05 Å². The van der Waals surface area contributed by atoms with Gasteiger partial charge in [-0.25, -0.2) is 8.78 Å². The first kappa shape index (κ1) is 13.2. The zero-order valence-corrected chi connectivity index (χ0v) is 11.4. The van der Waals surface area contributed by atoms with Crippen LogP contribution < -0.4 is 5.32 Å². The molecule has 0 aliphatic carbocycles. The van der Waals surface area contributed by atoms with Gasteiger partial charge in [-0.05, 0) is 52.3 Å². The lowest BCUT2D eigenvalue weighted by Crippen LogP contribution is -2.07. The predicted octanol–water partition coefficient (Wildman–Crippen LogP) is 4.11. The highest BCUT2D eigenvalue weighted by molar-refractivity contribution is 9.10. The van der Waals surface area contributed by atoms with Crippen molar-refractivity contribution in [2.24, 2.45) is 0 Å². The monoisotopic (exact) mass is 311 g/mol. The van der Waals surface area contributed by atoms with E-state index in [2.05, 4.69) is 21.2 Å². The van der Waals surface area contributed by atoms with Crippen molar-refractivity contribution in [3.63, 3.8) is 0 Å². The van der Waals surface area contributed by atoms with Gasteiger partial charge in [0.15, 0.2) is 0 Å². The van der Waals surface area contributed by atoms with Crippen LogP contribution in [0.25, 0.3) is 11.1 Å². The van der Waals surface area contributed by atoms with E-state index in [4.69, 9.17) is 0 Å². The Balaban J connectivity index is 2.61. The van der Waals surface area contributed by atoms with Gasteiger partial charge in [-0.15, -0.1) is 0 Å². The fourth-order valence-corrected chi connectivity index (χ4v) is 2.22. The summed E-state index contributed by atoms with van der Waals surface area (Å²) >= 11 is 3.14. The highest BCUT2D eigenvalue weighted by Crippen LogP contribution is 2.30. The number of hydrogen-bond acceptors (Lipinski definition) is 1. The fraction of sp³-hybridized carbons (Fsp3) is 0.143. The molecule has 0 unspecified atom stereocenters. The molecule has 0 radical (unpaired) electrons. The van der Waals surface area contributed by atoms with Crippen LogP contribution in [0.1, 0.15) is 5.56 Å². The Labute approximate surface area is 113 Å². The highest BCUT2D eigenvalue weighted by atomic mass is 79.9. The van der Waals surface area contributed by atoms with Crippen molar-refractivity contribution < 1.29 is 8.78 Å². The summed E-state index contributed by atoms with van der Waals surface area (Å²) in [7, 11) is 1.80. The van der Waals surface area contributed by atoms with Gasteiger partial charge in [-0.1, -0.05) is 18.2 Å². The molecule has 0 bridgehead atoms. The average molecular weight is 312 g/mol. The summed E-state index contributed by atoms with van der Waals surface area (Å²) in [5, 5.41) is 2.99. The first-order valence-corrected chi connectivity index (χ1v) is 6.30. The smallest absolute Gasteiger partial charge is 0.145 e. The lowest BCUT2D eigenvalue weighted by atomic mass is 9.99. The molecular weight excluding hydrogens is 300 g/mol. The second-order valence-electron chi connectivity index (χ2n) is 3.93. The molecule has 18 heavy (non-hydrogen) atoms. The van der Waals surface area contributed by atoms with Gasteiger partial charge in [-0.3, -0.25) is 0 Å². The summed E-state index contributed by atoms with van der Waals surface area (Å²) in [6.07, 6.45) is 0. The lowest BCUT2D eigenvalue weighted by Gasteiger charge is -2.11. The zero-order chi connectivity index (χ0) is 13.1. The summed E-state index contributed by atoms with van der Waals surface area (Å²) in [6.45, 7) is 0.557. The molecule has 0 heterocycles. The van der Waals surface area contributed by atoms with Crippen LogP contribution in [-0.2, 0) is 6.54 Å². The third kappa shape index (κ3) is 2.60. The van der Waals surface area contributed by atoms with Gasteiger partial charge in [0.05, 0.1) is 4.47 Å². The van der Waals surface area contributed by atoms with Crippen LogP contribution in [0, 0.1) is 11.6 Å². The minimum atomic E-state index is -0.375. The van der Waals surface area contributed by atoms with Crippen molar-refractivity contribution in [1.82, 2.24) is 5.32 Å². The molecule has 0 aliphatic heterocycles. The van der Waals surface area contributed by atoms with Gasteiger partial charge < -0.3 is 5.32 Å². The predicted molar refractivity (Wildman–Crippen MR) is 72.3 cm³/mol. The molecule has 2 aromatic carbocycles. The molecule has 1 nitrogen and oxygen atoms in total. The largest absolute Gasteiger partial charge is 0.316 e. The second kappa shape index (κ2) is 5.59. The molecule has 0 amide bonds. The maximum Gasteiger partial charge on any atom is 0.145 e. The molecule has 0 aromatic heterocycles. The molecule has 1 N–H and O–H groups in total. The number of benzene rings is 2. The van der Waals surface area contributed by atoms with E-state index >= 15 is 0 Å². The van der Waals surface area contributed by atoms with Crippen LogP contribution in [0.3, 0.4) is 0 Å². The lowest BCUT2D eigenvalue weighted by molar-refractivity contribution is 0.620. The highest BCUT2D eigenvalue weighted by Gasteiger charge is 2.12. The Morgan fingerprint density at radius 2 is 1.89 bits per heavy atom. The molecule has 0 saturated carbocycles. The maximum atomic E-state index is 14.0. The summed E-state index contributed by atoms with van der Waals surface area (Å²) in [6, 6.07) is 9.41. The standard InChI is InChI=1S/C14H12BrF2N/c1-18-8-9-5-6-10(16)7-12(9)11-3-2-4-13(15)14(11)17/h2-7,18H,8H2,1H3. The van der Waals surface area contributed by atoms with Gasteiger partial charge >= 0.3 is 0 Å². The van der Waals surface area contributed by atoms with Gasteiger partial charge in [0.25, 0.3) is 0 Å².